The first kappa shape index (κ1) is 14.3. The molecule has 0 aromatic carbocycles. The number of hydrogen-bond donors (Lipinski definition) is 1. The highest BCUT2D eigenvalue weighted by atomic mass is 35.5. The molecule has 0 radical (unpaired) electrons. The van der Waals surface area contributed by atoms with Gasteiger partial charge in [0.2, 0.25) is 0 Å². The predicted molar refractivity (Wildman–Crippen MR) is 76.1 cm³/mol. The molecule has 2 rings (SSSR count). The maximum absolute atomic E-state index is 9.26. The van der Waals surface area contributed by atoms with Gasteiger partial charge in [-0.3, -0.25) is 4.90 Å². The van der Waals surface area contributed by atoms with Crippen LogP contribution in [0.25, 0.3) is 0 Å². The summed E-state index contributed by atoms with van der Waals surface area (Å²) in [4.78, 5) is 6.97. The quantitative estimate of drug-likeness (QED) is 0.817. The van der Waals surface area contributed by atoms with E-state index in [2.05, 4.69) is 16.8 Å². The van der Waals surface area contributed by atoms with Gasteiger partial charge in [0.25, 0.3) is 0 Å². The number of halogens is 1. The lowest BCUT2D eigenvalue weighted by atomic mass is 10.1. The van der Waals surface area contributed by atoms with Gasteiger partial charge >= 0.3 is 0 Å². The lowest BCUT2D eigenvalue weighted by Gasteiger charge is -2.32. The molecule has 0 saturated heterocycles. The molecule has 1 saturated carbocycles. The van der Waals surface area contributed by atoms with Crippen LogP contribution in [0, 0.1) is 0 Å². The fourth-order valence-electron chi connectivity index (χ4n) is 2.76. The molecule has 3 nitrogen and oxygen atoms in total. The molecule has 1 unspecified atom stereocenters. The maximum Gasteiger partial charge on any atom is 0.110 e. The van der Waals surface area contributed by atoms with E-state index in [0.29, 0.717) is 11.9 Å². The second-order valence-electron chi connectivity index (χ2n) is 4.89. The van der Waals surface area contributed by atoms with Crippen LogP contribution in [0.3, 0.4) is 0 Å². The summed E-state index contributed by atoms with van der Waals surface area (Å²) in [6.07, 6.45) is 5.12. The number of aliphatic hydroxyl groups is 1. The Hall–Kier alpha value is -0.160. The molecule has 0 spiro atoms. The Morgan fingerprint density at radius 3 is 2.83 bits per heavy atom. The molecule has 1 atom stereocenters. The van der Waals surface area contributed by atoms with Crippen molar-refractivity contribution in [2.24, 2.45) is 0 Å². The number of aromatic nitrogens is 1. The molecule has 5 heteroatoms. The smallest absolute Gasteiger partial charge is 0.110 e. The minimum absolute atomic E-state index is 0.217. The lowest BCUT2D eigenvalue weighted by Crippen LogP contribution is -2.37. The summed E-state index contributed by atoms with van der Waals surface area (Å²) in [7, 11) is 0. The van der Waals surface area contributed by atoms with E-state index in [0.717, 1.165) is 17.2 Å². The molecule has 1 aromatic heterocycles. The topological polar surface area (TPSA) is 36.4 Å². The van der Waals surface area contributed by atoms with Crippen LogP contribution in [0.5, 0.6) is 0 Å². The Morgan fingerprint density at radius 2 is 2.28 bits per heavy atom. The molecule has 1 aliphatic carbocycles. The van der Waals surface area contributed by atoms with Crippen molar-refractivity contribution >= 4 is 22.9 Å². The number of hydrogen-bond acceptors (Lipinski definition) is 4. The molecular formula is C13H21ClN2OS. The van der Waals surface area contributed by atoms with Crippen molar-refractivity contribution in [2.75, 3.05) is 13.2 Å². The number of nitrogens with zero attached hydrogens (tertiary/aromatic N) is 2. The standard InChI is InChI=1S/C13H21ClN2OS/c1-10(13-15-11(8-14)9-18-13)16(6-7-17)12-4-2-3-5-12/h9-10,12,17H,2-8H2,1H3. The molecule has 0 aliphatic heterocycles. The van der Waals surface area contributed by atoms with Gasteiger partial charge in [-0.05, 0) is 19.8 Å². The van der Waals surface area contributed by atoms with Gasteiger partial charge < -0.3 is 5.11 Å². The van der Waals surface area contributed by atoms with Crippen molar-refractivity contribution < 1.29 is 5.11 Å². The molecule has 1 heterocycles. The van der Waals surface area contributed by atoms with Crippen LogP contribution in [0.1, 0.15) is 49.4 Å². The average molecular weight is 289 g/mol. The van der Waals surface area contributed by atoms with Crippen LogP contribution in [0.15, 0.2) is 5.38 Å². The van der Waals surface area contributed by atoms with Crippen molar-refractivity contribution in [3.05, 3.63) is 16.1 Å². The molecule has 1 N–H and O–H groups in total. The zero-order valence-electron chi connectivity index (χ0n) is 10.8. The van der Waals surface area contributed by atoms with Gasteiger partial charge in [0.05, 0.1) is 24.2 Å². The molecular weight excluding hydrogens is 268 g/mol. The number of thiazole rings is 1. The zero-order chi connectivity index (χ0) is 13.0. The molecule has 1 aliphatic rings. The normalized spacial score (nSPS) is 18.7. The van der Waals surface area contributed by atoms with Crippen molar-refractivity contribution in [3.8, 4) is 0 Å². The van der Waals surface area contributed by atoms with E-state index in [-0.39, 0.29) is 12.6 Å². The van der Waals surface area contributed by atoms with Gasteiger partial charge in [-0.25, -0.2) is 4.98 Å². The largest absolute Gasteiger partial charge is 0.395 e. The summed E-state index contributed by atoms with van der Waals surface area (Å²) in [5.41, 5.74) is 0.957. The highest BCUT2D eigenvalue weighted by Crippen LogP contribution is 2.32. The highest BCUT2D eigenvalue weighted by molar-refractivity contribution is 7.09. The Bertz CT molecular complexity index is 366. The summed E-state index contributed by atoms with van der Waals surface area (Å²) in [5, 5.41) is 12.4. The summed E-state index contributed by atoms with van der Waals surface area (Å²) in [5.74, 6) is 0.479. The van der Waals surface area contributed by atoms with Crippen molar-refractivity contribution in [3.63, 3.8) is 0 Å². The van der Waals surface area contributed by atoms with Gasteiger partial charge in [-0.2, -0.15) is 0 Å². The van der Waals surface area contributed by atoms with E-state index in [4.69, 9.17) is 11.6 Å². The van der Waals surface area contributed by atoms with Crippen LogP contribution in [0.2, 0.25) is 0 Å². The summed E-state index contributed by atoms with van der Waals surface area (Å²) in [6, 6.07) is 0.887. The van der Waals surface area contributed by atoms with Gasteiger partial charge in [0, 0.05) is 18.0 Å². The molecule has 1 aromatic rings. The van der Waals surface area contributed by atoms with Crippen molar-refractivity contribution in [1.82, 2.24) is 9.88 Å². The summed E-state index contributed by atoms with van der Waals surface area (Å²) in [6.45, 7) is 3.14. The monoisotopic (exact) mass is 288 g/mol. The Labute approximate surface area is 118 Å². The van der Waals surface area contributed by atoms with Crippen LogP contribution in [-0.2, 0) is 5.88 Å². The average Bonchev–Trinajstić information content (AvgIpc) is 3.05. The Balaban J connectivity index is 2.08. The van der Waals surface area contributed by atoms with E-state index in [1.54, 1.807) is 11.3 Å². The zero-order valence-corrected chi connectivity index (χ0v) is 12.4. The van der Waals surface area contributed by atoms with E-state index in [9.17, 15) is 5.11 Å². The van der Waals surface area contributed by atoms with E-state index in [1.165, 1.54) is 25.7 Å². The fourth-order valence-corrected chi connectivity index (χ4v) is 3.89. The third-order valence-corrected chi connectivity index (χ3v) is 5.05. The molecule has 0 amide bonds. The second kappa shape index (κ2) is 6.85. The van der Waals surface area contributed by atoms with Gasteiger partial charge in [-0.15, -0.1) is 22.9 Å². The molecule has 0 bridgehead atoms. The predicted octanol–water partition coefficient (Wildman–Crippen LogP) is 3.18. The SMILES string of the molecule is CC(c1nc(CCl)cs1)N(CCO)C1CCCC1. The van der Waals surface area contributed by atoms with E-state index >= 15 is 0 Å². The summed E-state index contributed by atoms with van der Waals surface area (Å²) >= 11 is 7.48. The summed E-state index contributed by atoms with van der Waals surface area (Å²) < 4.78 is 0. The maximum atomic E-state index is 9.26. The van der Waals surface area contributed by atoms with Crippen molar-refractivity contribution in [1.29, 1.82) is 0 Å². The van der Waals surface area contributed by atoms with E-state index < -0.39 is 0 Å². The molecule has 18 heavy (non-hydrogen) atoms. The molecule has 1 fully saturated rings. The van der Waals surface area contributed by atoms with Gasteiger partial charge in [0.15, 0.2) is 0 Å². The van der Waals surface area contributed by atoms with Crippen molar-refractivity contribution in [2.45, 2.75) is 50.6 Å². The van der Waals surface area contributed by atoms with Gasteiger partial charge in [0.1, 0.15) is 5.01 Å². The first-order chi connectivity index (χ1) is 8.76. The Morgan fingerprint density at radius 1 is 1.56 bits per heavy atom. The second-order valence-corrected chi connectivity index (χ2v) is 6.04. The molecule has 102 valence electrons. The third-order valence-electron chi connectivity index (χ3n) is 3.71. The highest BCUT2D eigenvalue weighted by Gasteiger charge is 2.28. The third kappa shape index (κ3) is 3.23. The van der Waals surface area contributed by atoms with Gasteiger partial charge in [-0.1, -0.05) is 12.8 Å². The number of rotatable bonds is 6. The minimum Gasteiger partial charge on any atom is -0.395 e. The van der Waals surface area contributed by atoms with Crippen LogP contribution in [0.4, 0.5) is 0 Å². The number of aliphatic hydroxyl groups excluding tert-OH is 1. The van der Waals surface area contributed by atoms with E-state index in [1.807, 2.05) is 5.38 Å². The Kier molecular flexibility index (Phi) is 5.42. The van der Waals surface area contributed by atoms with Crippen LogP contribution >= 0.6 is 22.9 Å². The van der Waals surface area contributed by atoms with Crippen LogP contribution in [-0.4, -0.2) is 34.2 Å². The first-order valence-corrected chi connectivity index (χ1v) is 8.04. The lowest BCUT2D eigenvalue weighted by molar-refractivity contribution is 0.112. The minimum atomic E-state index is 0.217. The first-order valence-electron chi connectivity index (χ1n) is 6.63. The number of alkyl halides is 1. The van der Waals surface area contributed by atoms with Crippen LogP contribution < -0.4 is 0 Å². The fraction of sp³-hybridized carbons (Fsp3) is 0.769.